The smallest absolute Gasteiger partial charge is 0.328 e. The lowest BCUT2D eigenvalue weighted by molar-refractivity contribution is -0.151. The summed E-state index contributed by atoms with van der Waals surface area (Å²) in [6.07, 6.45) is 3.75. The maximum Gasteiger partial charge on any atom is 0.328 e. The van der Waals surface area contributed by atoms with E-state index in [9.17, 15) is 9.59 Å². The molecule has 1 fully saturated rings. The van der Waals surface area contributed by atoms with Gasteiger partial charge >= 0.3 is 5.97 Å². The summed E-state index contributed by atoms with van der Waals surface area (Å²) in [5.41, 5.74) is 5.41. The minimum absolute atomic E-state index is 0.0585. The molecule has 1 rings (SSSR count). The highest BCUT2D eigenvalue weighted by Gasteiger charge is 2.32. The molecule has 0 aromatic rings. The van der Waals surface area contributed by atoms with E-state index in [2.05, 4.69) is 0 Å². The summed E-state index contributed by atoms with van der Waals surface area (Å²) >= 11 is 0. The number of ether oxygens (including phenoxy) is 1. The van der Waals surface area contributed by atoms with Crippen LogP contribution in [0.1, 0.15) is 32.1 Å². The van der Waals surface area contributed by atoms with Gasteiger partial charge < -0.3 is 15.4 Å². The maximum absolute atomic E-state index is 11.6. The molecule has 0 unspecified atom stereocenters. The van der Waals surface area contributed by atoms with Crippen molar-refractivity contribution in [3.8, 4) is 0 Å². The van der Waals surface area contributed by atoms with Crippen molar-refractivity contribution in [3.63, 3.8) is 0 Å². The highest BCUT2D eigenvalue weighted by molar-refractivity contribution is 5.85. The van der Waals surface area contributed by atoms with Gasteiger partial charge in [-0.1, -0.05) is 0 Å². The first-order valence-corrected chi connectivity index (χ1v) is 5.78. The summed E-state index contributed by atoms with van der Waals surface area (Å²) < 4.78 is 4.74. The first-order chi connectivity index (χ1) is 7.70. The predicted molar refractivity (Wildman–Crippen MR) is 59.7 cm³/mol. The van der Waals surface area contributed by atoms with Crippen molar-refractivity contribution in [2.45, 2.75) is 38.1 Å². The number of nitrogens with zero attached hydrogens (tertiary/aromatic N) is 1. The Balaban J connectivity index is 2.55. The van der Waals surface area contributed by atoms with Gasteiger partial charge in [0.05, 0.1) is 7.11 Å². The van der Waals surface area contributed by atoms with Crippen molar-refractivity contribution in [1.29, 1.82) is 0 Å². The van der Waals surface area contributed by atoms with E-state index in [0.717, 1.165) is 19.3 Å². The van der Waals surface area contributed by atoms with Crippen LogP contribution in [0.4, 0.5) is 0 Å². The minimum atomic E-state index is -0.411. The second-order valence-corrected chi connectivity index (χ2v) is 4.01. The van der Waals surface area contributed by atoms with Gasteiger partial charge in [0.25, 0.3) is 0 Å². The van der Waals surface area contributed by atoms with E-state index in [1.54, 1.807) is 4.90 Å². The highest BCUT2D eigenvalue weighted by atomic mass is 16.5. The van der Waals surface area contributed by atoms with Gasteiger partial charge in [0.15, 0.2) is 0 Å². The van der Waals surface area contributed by atoms with Crippen LogP contribution in [0.2, 0.25) is 0 Å². The van der Waals surface area contributed by atoms with E-state index in [-0.39, 0.29) is 11.9 Å². The summed E-state index contributed by atoms with van der Waals surface area (Å²) in [5, 5.41) is 0. The number of unbranched alkanes of at least 4 members (excludes halogenated alkanes) is 1. The van der Waals surface area contributed by atoms with Gasteiger partial charge in [-0.05, 0) is 32.2 Å². The number of likely N-dealkylation sites (tertiary alicyclic amines) is 1. The molecule has 16 heavy (non-hydrogen) atoms. The van der Waals surface area contributed by atoms with Gasteiger partial charge in [0.2, 0.25) is 5.91 Å². The number of methoxy groups -OCH3 is 1. The zero-order chi connectivity index (χ0) is 12.0. The third-order valence-corrected chi connectivity index (χ3v) is 2.89. The van der Waals surface area contributed by atoms with Crippen LogP contribution in [0.5, 0.6) is 0 Å². The molecule has 1 aliphatic rings. The van der Waals surface area contributed by atoms with Gasteiger partial charge in [0, 0.05) is 13.0 Å². The van der Waals surface area contributed by atoms with Crippen LogP contribution in [0.15, 0.2) is 0 Å². The Labute approximate surface area is 95.9 Å². The van der Waals surface area contributed by atoms with Gasteiger partial charge in [-0.25, -0.2) is 4.79 Å². The van der Waals surface area contributed by atoms with Crippen molar-refractivity contribution in [1.82, 2.24) is 4.90 Å². The third kappa shape index (κ3) is 3.20. The van der Waals surface area contributed by atoms with E-state index >= 15 is 0 Å². The van der Waals surface area contributed by atoms with Gasteiger partial charge in [-0.3, -0.25) is 4.79 Å². The van der Waals surface area contributed by atoms with Crippen molar-refractivity contribution in [2.75, 3.05) is 20.2 Å². The maximum atomic E-state index is 11.6. The summed E-state index contributed by atoms with van der Waals surface area (Å²) in [5.74, 6) is -0.254. The molecular formula is C11H20N2O3. The van der Waals surface area contributed by atoms with E-state index < -0.39 is 6.04 Å². The fourth-order valence-electron chi connectivity index (χ4n) is 2.02. The zero-order valence-corrected chi connectivity index (χ0v) is 9.78. The number of hydrogen-bond donors (Lipinski definition) is 1. The van der Waals surface area contributed by atoms with E-state index in [1.807, 2.05) is 0 Å². The number of carbonyl (C=O) groups is 2. The molecule has 5 heteroatoms. The van der Waals surface area contributed by atoms with E-state index in [0.29, 0.717) is 25.9 Å². The second-order valence-electron chi connectivity index (χ2n) is 4.01. The lowest BCUT2D eigenvalue weighted by atomic mass is 10.1. The number of carbonyl (C=O) groups excluding carboxylic acids is 2. The molecule has 0 aliphatic carbocycles. The summed E-state index contributed by atoms with van der Waals surface area (Å²) in [7, 11) is 1.36. The van der Waals surface area contributed by atoms with Gasteiger partial charge in [-0.2, -0.15) is 0 Å². The molecule has 1 atom stereocenters. The van der Waals surface area contributed by atoms with Crippen LogP contribution in [0, 0.1) is 0 Å². The van der Waals surface area contributed by atoms with Crippen molar-refractivity contribution in [2.24, 2.45) is 5.73 Å². The van der Waals surface area contributed by atoms with Crippen LogP contribution in [0.25, 0.3) is 0 Å². The summed E-state index contributed by atoms with van der Waals surface area (Å²) in [6.45, 7) is 1.28. The van der Waals surface area contributed by atoms with Gasteiger partial charge in [0.1, 0.15) is 6.04 Å². The quantitative estimate of drug-likeness (QED) is 0.523. The molecule has 1 amide bonds. The molecule has 2 N–H and O–H groups in total. The van der Waals surface area contributed by atoms with Crippen molar-refractivity contribution in [3.05, 3.63) is 0 Å². The monoisotopic (exact) mass is 228 g/mol. The lowest BCUT2D eigenvalue weighted by Gasteiger charge is -2.25. The van der Waals surface area contributed by atoms with Crippen molar-refractivity contribution >= 4 is 11.9 Å². The predicted octanol–water partition coefficient (Wildman–Crippen LogP) is 0.279. The molecule has 1 aliphatic heterocycles. The van der Waals surface area contributed by atoms with Crippen LogP contribution in [-0.2, 0) is 14.3 Å². The fourth-order valence-corrected chi connectivity index (χ4v) is 2.02. The van der Waals surface area contributed by atoms with Crippen LogP contribution in [-0.4, -0.2) is 43.0 Å². The highest BCUT2D eigenvalue weighted by Crippen LogP contribution is 2.18. The molecule has 0 aromatic heterocycles. The van der Waals surface area contributed by atoms with E-state index in [1.165, 1.54) is 7.11 Å². The molecular weight excluding hydrogens is 208 g/mol. The SMILES string of the molecule is COC(=O)[C@H](CCCCN)N1CCCC1=O. The number of esters is 1. The zero-order valence-electron chi connectivity index (χ0n) is 9.78. The normalized spacial score (nSPS) is 17.6. The molecule has 1 saturated heterocycles. The Kier molecular flexibility index (Phi) is 5.25. The Morgan fingerprint density at radius 1 is 1.56 bits per heavy atom. The number of rotatable bonds is 6. The first-order valence-electron chi connectivity index (χ1n) is 5.78. The molecule has 0 spiro atoms. The Morgan fingerprint density at radius 3 is 2.81 bits per heavy atom. The van der Waals surface area contributed by atoms with Crippen molar-refractivity contribution < 1.29 is 14.3 Å². The molecule has 0 bridgehead atoms. The average Bonchev–Trinajstić information content (AvgIpc) is 2.70. The number of nitrogens with two attached hydrogens (primary N) is 1. The Hall–Kier alpha value is -1.10. The molecule has 0 radical (unpaired) electrons. The molecule has 5 nitrogen and oxygen atoms in total. The first kappa shape index (κ1) is 13.0. The summed E-state index contributed by atoms with van der Waals surface area (Å²) in [4.78, 5) is 24.8. The minimum Gasteiger partial charge on any atom is -0.467 e. The fraction of sp³-hybridized carbons (Fsp3) is 0.818. The summed E-state index contributed by atoms with van der Waals surface area (Å²) in [6, 6.07) is -0.411. The molecule has 0 aromatic carbocycles. The largest absolute Gasteiger partial charge is 0.467 e. The molecule has 0 saturated carbocycles. The number of amides is 1. The Morgan fingerprint density at radius 2 is 2.31 bits per heavy atom. The molecule has 92 valence electrons. The second kappa shape index (κ2) is 6.48. The van der Waals surface area contributed by atoms with Crippen LogP contribution >= 0.6 is 0 Å². The molecule has 1 heterocycles. The standard InChI is InChI=1S/C11H20N2O3/c1-16-11(15)9(5-2-3-7-12)13-8-4-6-10(13)14/h9H,2-8,12H2,1H3/t9-/m0/s1. The lowest BCUT2D eigenvalue weighted by Crippen LogP contribution is -2.42. The average molecular weight is 228 g/mol. The Bertz CT molecular complexity index is 256. The van der Waals surface area contributed by atoms with E-state index in [4.69, 9.17) is 10.5 Å². The third-order valence-electron chi connectivity index (χ3n) is 2.89. The van der Waals surface area contributed by atoms with Gasteiger partial charge in [-0.15, -0.1) is 0 Å². The van der Waals surface area contributed by atoms with Crippen LogP contribution < -0.4 is 5.73 Å². The number of hydrogen-bond acceptors (Lipinski definition) is 4. The van der Waals surface area contributed by atoms with Crippen LogP contribution in [0.3, 0.4) is 0 Å². The topological polar surface area (TPSA) is 72.6 Å².